The molecule has 0 spiro atoms. The fourth-order valence-electron chi connectivity index (χ4n) is 6.42. The van der Waals surface area contributed by atoms with Crippen molar-refractivity contribution in [3.8, 4) is 0 Å². The maximum Gasteiger partial charge on any atom is 0.240 e. The first kappa shape index (κ1) is 23.6. The number of carbonyl (C=O) groups is 4. The summed E-state index contributed by atoms with van der Waals surface area (Å²) in [5.74, 6) is -0.0933. The van der Waals surface area contributed by atoms with E-state index in [4.69, 9.17) is 0 Å². The van der Waals surface area contributed by atoms with E-state index in [-0.39, 0.29) is 41.6 Å². The number of likely N-dealkylation sites (tertiary alicyclic amines) is 2. The Hall–Kier alpha value is -1.56. The van der Waals surface area contributed by atoms with Crippen LogP contribution in [0.2, 0.25) is 0 Å². The van der Waals surface area contributed by atoms with E-state index in [1.807, 2.05) is 18.7 Å². The van der Waals surface area contributed by atoms with Crippen molar-refractivity contribution in [3.05, 3.63) is 0 Å². The van der Waals surface area contributed by atoms with Gasteiger partial charge in [0.1, 0.15) is 0 Å². The number of ketones is 3. The Morgan fingerprint density at radius 3 is 2.34 bits per heavy atom. The molecule has 0 radical (unpaired) electrons. The highest BCUT2D eigenvalue weighted by molar-refractivity contribution is 6.38. The maximum absolute atomic E-state index is 13.6. The summed E-state index contributed by atoms with van der Waals surface area (Å²) in [7, 11) is 0. The van der Waals surface area contributed by atoms with Crippen molar-refractivity contribution in [2.75, 3.05) is 19.6 Å². The maximum atomic E-state index is 13.6. The summed E-state index contributed by atoms with van der Waals surface area (Å²) in [4.78, 5) is 56.5. The number of rotatable bonds is 11. The Bertz CT molecular complexity index is 740. The summed E-state index contributed by atoms with van der Waals surface area (Å²) in [5, 5.41) is 0. The molecule has 0 aromatic rings. The van der Waals surface area contributed by atoms with Crippen molar-refractivity contribution >= 4 is 23.3 Å². The van der Waals surface area contributed by atoms with Crippen LogP contribution in [0.5, 0.6) is 0 Å². The van der Waals surface area contributed by atoms with Gasteiger partial charge in [-0.1, -0.05) is 19.8 Å². The third-order valence-electron chi connectivity index (χ3n) is 8.45. The van der Waals surface area contributed by atoms with Gasteiger partial charge in [0.05, 0.1) is 12.1 Å². The zero-order valence-electron chi connectivity index (χ0n) is 19.9. The molecule has 0 N–H and O–H groups in total. The average Bonchev–Trinajstić information content (AvgIpc) is 3.16. The third kappa shape index (κ3) is 5.00. The molecule has 0 aromatic carbocycles. The molecule has 1 amide bonds. The topological polar surface area (TPSA) is 74.8 Å². The number of carbonyl (C=O) groups excluding carboxylic acids is 4. The highest BCUT2D eigenvalue weighted by Crippen LogP contribution is 2.43. The van der Waals surface area contributed by atoms with Gasteiger partial charge in [0.2, 0.25) is 11.7 Å². The second-order valence-corrected chi connectivity index (χ2v) is 10.8. The zero-order valence-corrected chi connectivity index (χ0v) is 19.9. The molecule has 2 aliphatic heterocycles. The first-order valence-electron chi connectivity index (χ1n) is 13.0. The Balaban J connectivity index is 1.47. The molecule has 5 atom stereocenters. The first-order chi connectivity index (χ1) is 15.4. The summed E-state index contributed by atoms with van der Waals surface area (Å²) >= 11 is 0. The minimum Gasteiger partial charge on any atom is -0.331 e. The smallest absolute Gasteiger partial charge is 0.240 e. The molecular weight excluding hydrogens is 404 g/mol. The largest absolute Gasteiger partial charge is 0.331 e. The summed E-state index contributed by atoms with van der Waals surface area (Å²) in [6.07, 6.45) is 9.29. The number of nitrogens with zero attached hydrogens (tertiary/aromatic N) is 2. The van der Waals surface area contributed by atoms with Gasteiger partial charge in [-0.2, -0.15) is 0 Å². The van der Waals surface area contributed by atoms with E-state index in [1.165, 1.54) is 0 Å². The van der Waals surface area contributed by atoms with Gasteiger partial charge in [-0.15, -0.1) is 0 Å². The quantitative estimate of drug-likeness (QED) is 0.457. The van der Waals surface area contributed by atoms with E-state index < -0.39 is 12.0 Å². The molecule has 32 heavy (non-hydrogen) atoms. The lowest BCUT2D eigenvalue weighted by Gasteiger charge is -2.33. The van der Waals surface area contributed by atoms with Crippen LogP contribution in [0, 0.1) is 23.7 Å². The Labute approximate surface area is 192 Å². The fourth-order valence-corrected chi connectivity index (χ4v) is 6.42. The third-order valence-corrected chi connectivity index (χ3v) is 8.45. The van der Waals surface area contributed by atoms with Gasteiger partial charge >= 0.3 is 0 Å². The SMILES string of the molecule is CCCC(CC(=O)C1C2CCCC2CN1C(=O)C(C)N1CCCC1)C(=O)C(=O)CC1CC1. The van der Waals surface area contributed by atoms with Crippen LogP contribution in [0.25, 0.3) is 0 Å². The van der Waals surface area contributed by atoms with Crippen molar-refractivity contribution in [2.45, 2.75) is 96.6 Å². The van der Waals surface area contributed by atoms with Crippen LogP contribution in [0.3, 0.4) is 0 Å². The second-order valence-electron chi connectivity index (χ2n) is 10.8. The second kappa shape index (κ2) is 10.1. The van der Waals surface area contributed by atoms with E-state index in [2.05, 4.69) is 4.90 Å². The van der Waals surface area contributed by atoms with Crippen molar-refractivity contribution in [3.63, 3.8) is 0 Å². The van der Waals surface area contributed by atoms with E-state index in [0.717, 1.165) is 64.5 Å². The molecule has 6 nitrogen and oxygen atoms in total. The van der Waals surface area contributed by atoms with Crippen molar-refractivity contribution < 1.29 is 19.2 Å². The van der Waals surface area contributed by atoms with Gasteiger partial charge in [0.25, 0.3) is 0 Å². The summed E-state index contributed by atoms with van der Waals surface area (Å²) < 4.78 is 0. The van der Waals surface area contributed by atoms with Gasteiger partial charge in [0, 0.05) is 25.3 Å². The molecule has 4 rings (SSSR count). The Kier molecular flexibility index (Phi) is 7.48. The van der Waals surface area contributed by atoms with Crippen LogP contribution < -0.4 is 0 Å². The number of Topliss-reactive ketones (excluding diaryl/α,β-unsaturated/α-hetero) is 3. The van der Waals surface area contributed by atoms with E-state index >= 15 is 0 Å². The van der Waals surface area contributed by atoms with Crippen LogP contribution in [0.4, 0.5) is 0 Å². The minimum atomic E-state index is -0.521. The van der Waals surface area contributed by atoms with Crippen molar-refractivity contribution in [1.29, 1.82) is 0 Å². The molecular formula is C26H40N2O4. The number of hydrogen-bond acceptors (Lipinski definition) is 5. The summed E-state index contributed by atoms with van der Waals surface area (Å²) in [6, 6.07) is -0.606. The normalized spacial score (nSPS) is 29.7. The Morgan fingerprint density at radius 2 is 1.69 bits per heavy atom. The van der Waals surface area contributed by atoms with Gasteiger partial charge in [-0.3, -0.25) is 24.1 Å². The van der Waals surface area contributed by atoms with Crippen molar-refractivity contribution in [1.82, 2.24) is 9.80 Å². The van der Waals surface area contributed by atoms with Crippen molar-refractivity contribution in [2.24, 2.45) is 23.7 Å². The standard InChI is InChI=1S/C26H40N2O4/c1-3-7-19(25(31)23(30)14-18-10-11-18)15-22(29)24-21-9-6-8-20(21)16-28(24)26(32)17(2)27-12-4-5-13-27/h17-21,24H,3-16H2,1-2H3. The molecule has 4 aliphatic rings. The van der Waals surface area contributed by atoms with Gasteiger partial charge in [0.15, 0.2) is 11.6 Å². The summed E-state index contributed by atoms with van der Waals surface area (Å²) in [6.45, 7) is 6.53. The monoisotopic (exact) mass is 444 g/mol. The molecule has 0 aromatic heterocycles. The molecule has 2 aliphatic carbocycles. The number of fused-ring (bicyclic) bond motifs is 1. The lowest BCUT2D eigenvalue weighted by Crippen LogP contribution is -2.51. The van der Waals surface area contributed by atoms with Crippen LogP contribution in [0.1, 0.15) is 84.5 Å². The molecule has 6 heteroatoms. The molecule has 2 heterocycles. The van der Waals surface area contributed by atoms with Gasteiger partial charge < -0.3 is 4.90 Å². The molecule has 2 saturated heterocycles. The fraction of sp³-hybridized carbons (Fsp3) is 0.846. The van der Waals surface area contributed by atoms with Gasteiger partial charge in [-0.05, 0) is 82.7 Å². The lowest BCUT2D eigenvalue weighted by atomic mass is 9.84. The number of hydrogen-bond donors (Lipinski definition) is 0. The predicted molar refractivity (Wildman–Crippen MR) is 122 cm³/mol. The van der Waals surface area contributed by atoms with E-state index in [9.17, 15) is 19.2 Å². The summed E-state index contributed by atoms with van der Waals surface area (Å²) in [5.41, 5.74) is 0. The van der Waals surface area contributed by atoms with Crippen LogP contribution in [-0.4, -0.2) is 64.8 Å². The van der Waals surface area contributed by atoms with Crippen LogP contribution >= 0.6 is 0 Å². The van der Waals surface area contributed by atoms with Gasteiger partial charge in [-0.25, -0.2) is 0 Å². The number of amides is 1. The average molecular weight is 445 g/mol. The highest BCUT2D eigenvalue weighted by Gasteiger charge is 2.50. The lowest BCUT2D eigenvalue weighted by molar-refractivity contribution is -0.144. The predicted octanol–water partition coefficient (Wildman–Crippen LogP) is 3.41. The molecule has 5 unspecified atom stereocenters. The molecule has 178 valence electrons. The van der Waals surface area contributed by atoms with Crippen LogP contribution in [0.15, 0.2) is 0 Å². The molecule has 0 bridgehead atoms. The molecule has 4 fully saturated rings. The molecule has 2 saturated carbocycles. The Morgan fingerprint density at radius 1 is 0.969 bits per heavy atom. The zero-order chi connectivity index (χ0) is 22.8. The highest BCUT2D eigenvalue weighted by atomic mass is 16.2. The van der Waals surface area contributed by atoms with Crippen LogP contribution in [-0.2, 0) is 19.2 Å². The first-order valence-corrected chi connectivity index (χ1v) is 13.0. The van der Waals surface area contributed by atoms with E-state index in [1.54, 1.807) is 0 Å². The van der Waals surface area contributed by atoms with E-state index in [0.29, 0.717) is 31.2 Å². The minimum absolute atomic E-state index is 0.00685.